The smallest absolute Gasteiger partial charge is 0.277 e. The predicted octanol–water partition coefficient (Wildman–Crippen LogP) is 3.51. The molecule has 0 aliphatic heterocycles. The number of nitro benzene ring substituents is 1. The van der Waals surface area contributed by atoms with Gasteiger partial charge in [-0.3, -0.25) is 14.9 Å². The van der Waals surface area contributed by atoms with Crippen molar-refractivity contribution in [2.24, 2.45) is 0 Å². The standard InChI is InChI=1S/C16H11FN4O4S/c17-11-3-5-12(6-4-11)18-14(22)9-26-16-20-19-15(25-16)10-1-7-13(8-2-10)21(23)24/h1-8H,9H2,(H,18,22). The van der Waals surface area contributed by atoms with Crippen LogP contribution in [0.1, 0.15) is 0 Å². The van der Waals surface area contributed by atoms with E-state index in [1.807, 2.05) is 0 Å². The van der Waals surface area contributed by atoms with Crippen LogP contribution in [0.3, 0.4) is 0 Å². The Labute approximate surface area is 150 Å². The molecule has 10 heteroatoms. The maximum atomic E-state index is 12.8. The zero-order valence-electron chi connectivity index (χ0n) is 13.1. The van der Waals surface area contributed by atoms with Gasteiger partial charge >= 0.3 is 0 Å². The third-order valence-electron chi connectivity index (χ3n) is 3.19. The minimum atomic E-state index is -0.501. The van der Waals surface area contributed by atoms with Gasteiger partial charge in [0.25, 0.3) is 10.9 Å². The van der Waals surface area contributed by atoms with Gasteiger partial charge in [0.15, 0.2) is 0 Å². The number of amides is 1. The van der Waals surface area contributed by atoms with Crippen molar-refractivity contribution in [3.63, 3.8) is 0 Å². The van der Waals surface area contributed by atoms with Gasteiger partial charge in [0.05, 0.1) is 10.7 Å². The zero-order valence-corrected chi connectivity index (χ0v) is 13.9. The van der Waals surface area contributed by atoms with Crippen LogP contribution < -0.4 is 5.32 Å². The van der Waals surface area contributed by atoms with Gasteiger partial charge in [-0.25, -0.2) is 4.39 Å². The van der Waals surface area contributed by atoms with E-state index in [9.17, 15) is 19.3 Å². The molecule has 0 radical (unpaired) electrons. The van der Waals surface area contributed by atoms with Crippen molar-refractivity contribution < 1.29 is 18.5 Å². The molecule has 26 heavy (non-hydrogen) atoms. The summed E-state index contributed by atoms with van der Waals surface area (Å²) in [7, 11) is 0. The lowest BCUT2D eigenvalue weighted by atomic mass is 10.2. The van der Waals surface area contributed by atoms with Crippen molar-refractivity contribution in [2.45, 2.75) is 5.22 Å². The zero-order chi connectivity index (χ0) is 18.5. The van der Waals surface area contributed by atoms with Gasteiger partial charge in [0.2, 0.25) is 11.8 Å². The molecule has 2 aromatic carbocycles. The first-order valence-electron chi connectivity index (χ1n) is 7.28. The Balaban J connectivity index is 1.57. The number of nitro groups is 1. The van der Waals surface area contributed by atoms with E-state index in [0.717, 1.165) is 11.8 Å². The Morgan fingerprint density at radius 2 is 1.85 bits per heavy atom. The van der Waals surface area contributed by atoms with Gasteiger partial charge < -0.3 is 9.73 Å². The highest BCUT2D eigenvalue weighted by atomic mass is 32.2. The van der Waals surface area contributed by atoms with Crippen molar-refractivity contribution in [3.05, 3.63) is 64.5 Å². The lowest BCUT2D eigenvalue weighted by molar-refractivity contribution is -0.384. The lowest BCUT2D eigenvalue weighted by Gasteiger charge is -2.03. The van der Waals surface area contributed by atoms with Crippen molar-refractivity contribution in [2.75, 3.05) is 11.1 Å². The number of hydrogen-bond acceptors (Lipinski definition) is 7. The number of halogens is 1. The summed E-state index contributed by atoms with van der Waals surface area (Å²) in [5.74, 6) is -0.473. The van der Waals surface area contributed by atoms with Crippen LogP contribution >= 0.6 is 11.8 Å². The molecule has 0 bridgehead atoms. The number of rotatable bonds is 6. The first-order valence-corrected chi connectivity index (χ1v) is 8.26. The second-order valence-electron chi connectivity index (χ2n) is 5.02. The first-order chi connectivity index (χ1) is 12.5. The molecule has 132 valence electrons. The summed E-state index contributed by atoms with van der Waals surface area (Å²) >= 11 is 1.04. The Morgan fingerprint density at radius 3 is 2.50 bits per heavy atom. The van der Waals surface area contributed by atoms with Gasteiger partial charge in [0, 0.05) is 23.4 Å². The molecule has 0 aliphatic carbocycles. The fourth-order valence-corrected chi connectivity index (χ4v) is 2.53. The van der Waals surface area contributed by atoms with Crippen LogP contribution in [-0.4, -0.2) is 26.8 Å². The molecule has 3 aromatic rings. The van der Waals surface area contributed by atoms with Crippen LogP contribution in [0.15, 0.2) is 58.2 Å². The molecule has 0 saturated carbocycles. The first kappa shape index (κ1) is 17.5. The Hall–Kier alpha value is -3.27. The molecule has 1 amide bonds. The SMILES string of the molecule is O=C(CSc1nnc(-c2ccc([N+](=O)[O-])cc2)o1)Nc1ccc(F)cc1. The fraction of sp³-hybridized carbons (Fsp3) is 0.0625. The number of nitrogens with zero attached hydrogens (tertiary/aromatic N) is 3. The summed E-state index contributed by atoms with van der Waals surface area (Å²) in [4.78, 5) is 22.0. The van der Waals surface area contributed by atoms with Crippen LogP contribution in [0.2, 0.25) is 0 Å². The van der Waals surface area contributed by atoms with Crippen molar-refractivity contribution in [1.29, 1.82) is 0 Å². The van der Waals surface area contributed by atoms with E-state index in [2.05, 4.69) is 15.5 Å². The Morgan fingerprint density at radius 1 is 1.15 bits per heavy atom. The molecular formula is C16H11FN4O4S. The lowest BCUT2D eigenvalue weighted by Crippen LogP contribution is -2.13. The Bertz CT molecular complexity index is 928. The predicted molar refractivity (Wildman–Crippen MR) is 92.1 cm³/mol. The van der Waals surface area contributed by atoms with E-state index in [0.29, 0.717) is 11.3 Å². The average molecular weight is 374 g/mol. The number of nitrogens with one attached hydrogen (secondary N) is 1. The summed E-state index contributed by atoms with van der Waals surface area (Å²) in [6.07, 6.45) is 0. The summed E-state index contributed by atoms with van der Waals surface area (Å²) in [6, 6.07) is 11.1. The molecule has 0 aliphatic rings. The minimum Gasteiger partial charge on any atom is -0.411 e. The molecule has 0 atom stereocenters. The van der Waals surface area contributed by atoms with Crippen LogP contribution in [0.4, 0.5) is 15.8 Å². The third kappa shape index (κ3) is 4.42. The van der Waals surface area contributed by atoms with E-state index in [1.54, 1.807) is 0 Å². The third-order valence-corrected chi connectivity index (χ3v) is 4.00. The number of carbonyl (C=O) groups is 1. The molecule has 1 N–H and O–H groups in total. The fourth-order valence-electron chi connectivity index (χ4n) is 1.97. The number of aromatic nitrogens is 2. The van der Waals surface area contributed by atoms with E-state index in [4.69, 9.17) is 4.42 Å². The normalized spacial score (nSPS) is 10.5. The van der Waals surface area contributed by atoms with E-state index in [1.165, 1.54) is 48.5 Å². The molecule has 0 spiro atoms. The monoisotopic (exact) mass is 374 g/mol. The highest BCUT2D eigenvalue weighted by molar-refractivity contribution is 7.99. The average Bonchev–Trinajstić information content (AvgIpc) is 3.11. The van der Waals surface area contributed by atoms with Crippen molar-refractivity contribution >= 4 is 29.0 Å². The molecule has 0 saturated heterocycles. The maximum Gasteiger partial charge on any atom is 0.277 e. The summed E-state index contributed by atoms with van der Waals surface area (Å²) < 4.78 is 18.2. The molecule has 0 unspecified atom stereocenters. The highest BCUT2D eigenvalue weighted by Gasteiger charge is 2.13. The second kappa shape index (κ2) is 7.74. The topological polar surface area (TPSA) is 111 Å². The van der Waals surface area contributed by atoms with Crippen molar-refractivity contribution in [1.82, 2.24) is 10.2 Å². The molecule has 8 nitrogen and oxygen atoms in total. The van der Waals surface area contributed by atoms with E-state index >= 15 is 0 Å². The Kier molecular flexibility index (Phi) is 5.23. The molecular weight excluding hydrogens is 363 g/mol. The molecule has 3 rings (SSSR count). The molecule has 1 heterocycles. The summed E-state index contributed by atoms with van der Waals surface area (Å²) in [6.45, 7) is 0. The van der Waals surface area contributed by atoms with Gasteiger partial charge in [-0.2, -0.15) is 0 Å². The summed E-state index contributed by atoms with van der Waals surface area (Å²) in [5.41, 5.74) is 0.972. The van der Waals surface area contributed by atoms with Crippen LogP contribution in [0.25, 0.3) is 11.5 Å². The number of benzene rings is 2. The number of anilines is 1. The van der Waals surface area contributed by atoms with Crippen LogP contribution in [0, 0.1) is 15.9 Å². The molecule has 0 fully saturated rings. The van der Waals surface area contributed by atoms with Gasteiger partial charge in [0.1, 0.15) is 5.82 Å². The number of hydrogen-bond donors (Lipinski definition) is 1. The van der Waals surface area contributed by atoms with Crippen LogP contribution in [-0.2, 0) is 4.79 Å². The van der Waals surface area contributed by atoms with Gasteiger partial charge in [-0.15, -0.1) is 10.2 Å². The molecule has 1 aromatic heterocycles. The second-order valence-corrected chi connectivity index (χ2v) is 5.95. The summed E-state index contributed by atoms with van der Waals surface area (Å²) in [5, 5.41) is 21.1. The number of carbonyl (C=O) groups excluding carboxylic acids is 1. The van der Waals surface area contributed by atoms with E-state index in [-0.39, 0.29) is 34.3 Å². The highest BCUT2D eigenvalue weighted by Crippen LogP contribution is 2.25. The largest absolute Gasteiger partial charge is 0.411 e. The van der Waals surface area contributed by atoms with Gasteiger partial charge in [-0.1, -0.05) is 11.8 Å². The van der Waals surface area contributed by atoms with Crippen LogP contribution in [0.5, 0.6) is 0 Å². The number of non-ortho nitro benzene ring substituents is 1. The van der Waals surface area contributed by atoms with E-state index < -0.39 is 4.92 Å². The number of thioether (sulfide) groups is 1. The quantitative estimate of drug-likeness (QED) is 0.399. The minimum absolute atomic E-state index is 0.0271. The van der Waals surface area contributed by atoms with Gasteiger partial charge in [-0.05, 0) is 36.4 Å². The maximum absolute atomic E-state index is 12.8. The van der Waals surface area contributed by atoms with Crippen molar-refractivity contribution in [3.8, 4) is 11.5 Å².